The van der Waals surface area contributed by atoms with Crippen molar-refractivity contribution in [3.63, 3.8) is 0 Å². The van der Waals surface area contributed by atoms with Crippen molar-refractivity contribution in [2.75, 3.05) is 6.54 Å². The van der Waals surface area contributed by atoms with E-state index in [4.69, 9.17) is 15.2 Å². The zero-order valence-corrected chi connectivity index (χ0v) is 19.9. The second-order valence-electron chi connectivity index (χ2n) is 9.00. The number of hydrogen-bond donors (Lipinski definition) is 7. The monoisotopic (exact) mass is 511 g/mol. The molecule has 196 valence electrons. The van der Waals surface area contributed by atoms with Crippen molar-refractivity contribution >= 4 is 5.97 Å². The summed E-state index contributed by atoms with van der Waals surface area (Å²) in [4.78, 5) is 12.9. The van der Waals surface area contributed by atoms with E-state index < -0.39 is 52.7 Å². The lowest BCUT2D eigenvalue weighted by Gasteiger charge is -2.34. The molecule has 0 fully saturated rings. The van der Waals surface area contributed by atoms with Gasteiger partial charge in [-0.1, -0.05) is 18.6 Å². The summed E-state index contributed by atoms with van der Waals surface area (Å²) in [6.07, 6.45) is 2.07. The number of nitrogens with two attached hydrogens (primary N) is 1. The summed E-state index contributed by atoms with van der Waals surface area (Å²) in [5.74, 6) is -4.36. The molecule has 2 atom stereocenters. The van der Waals surface area contributed by atoms with Crippen LogP contribution in [-0.2, 0) is 17.6 Å². The molecule has 37 heavy (non-hydrogen) atoms. The largest absolute Gasteiger partial charge is 0.504 e. The van der Waals surface area contributed by atoms with Gasteiger partial charge in [0, 0.05) is 12.0 Å². The van der Waals surface area contributed by atoms with E-state index in [-0.39, 0.29) is 17.5 Å². The predicted molar refractivity (Wildman–Crippen MR) is 132 cm³/mol. The zero-order chi connectivity index (χ0) is 26.7. The molecule has 1 aliphatic heterocycles. The first-order chi connectivity index (χ1) is 17.7. The number of ether oxygens (including phenoxy) is 2. The quantitative estimate of drug-likeness (QED) is 0.134. The molecule has 0 amide bonds. The summed E-state index contributed by atoms with van der Waals surface area (Å²) < 4.78 is 11.9. The molecule has 0 aliphatic carbocycles. The maximum atomic E-state index is 12.9. The Balaban J connectivity index is 1.65. The van der Waals surface area contributed by atoms with Gasteiger partial charge in [-0.25, -0.2) is 4.79 Å². The van der Waals surface area contributed by atoms with Gasteiger partial charge in [0.25, 0.3) is 0 Å². The third kappa shape index (κ3) is 5.59. The van der Waals surface area contributed by atoms with Crippen molar-refractivity contribution in [2.24, 2.45) is 5.73 Å². The first kappa shape index (κ1) is 25.8. The second-order valence-corrected chi connectivity index (χ2v) is 9.00. The fourth-order valence-electron chi connectivity index (χ4n) is 4.35. The average Bonchev–Trinajstić information content (AvgIpc) is 2.87. The lowest BCUT2D eigenvalue weighted by molar-refractivity contribution is -0.0184. The highest BCUT2D eigenvalue weighted by atomic mass is 16.6. The third-order valence-electron chi connectivity index (χ3n) is 6.29. The van der Waals surface area contributed by atoms with Crippen LogP contribution in [0.4, 0.5) is 0 Å². The number of unbranched alkanes of at least 4 members (excludes halogenated alkanes) is 2. The Kier molecular flexibility index (Phi) is 7.49. The fourth-order valence-corrected chi connectivity index (χ4v) is 4.35. The van der Waals surface area contributed by atoms with Gasteiger partial charge in [-0.15, -0.1) is 0 Å². The van der Waals surface area contributed by atoms with Crippen LogP contribution >= 0.6 is 0 Å². The third-order valence-corrected chi connectivity index (χ3v) is 6.29. The summed E-state index contributed by atoms with van der Waals surface area (Å²) in [6.45, 7) is 0.644. The highest BCUT2D eigenvalue weighted by Gasteiger charge is 2.36. The number of benzene rings is 3. The normalized spacial score (nSPS) is 16.6. The summed E-state index contributed by atoms with van der Waals surface area (Å²) in [5.41, 5.74) is 7.47. The maximum absolute atomic E-state index is 12.9. The minimum absolute atomic E-state index is 0.206. The molecule has 10 heteroatoms. The lowest BCUT2D eigenvalue weighted by Crippen LogP contribution is -2.34. The molecule has 0 bridgehead atoms. The van der Waals surface area contributed by atoms with Gasteiger partial charge >= 0.3 is 5.97 Å². The van der Waals surface area contributed by atoms with Gasteiger partial charge in [0.15, 0.2) is 40.6 Å². The lowest BCUT2D eigenvalue weighted by atomic mass is 9.92. The molecule has 3 aromatic carbocycles. The minimum Gasteiger partial charge on any atom is -0.504 e. The molecule has 1 aliphatic rings. The zero-order valence-electron chi connectivity index (χ0n) is 19.9. The molecule has 3 aromatic rings. The number of aryl methyl sites for hydroxylation is 1. The van der Waals surface area contributed by atoms with Crippen molar-refractivity contribution in [2.45, 2.75) is 44.3 Å². The first-order valence-corrected chi connectivity index (χ1v) is 11.9. The maximum Gasteiger partial charge on any atom is 0.338 e. The molecule has 1 heterocycles. The molecule has 0 aromatic heterocycles. The van der Waals surface area contributed by atoms with E-state index in [1.165, 1.54) is 12.1 Å². The second kappa shape index (κ2) is 10.8. The highest BCUT2D eigenvalue weighted by Crippen LogP contribution is 2.43. The van der Waals surface area contributed by atoms with Gasteiger partial charge in [0.1, 0.15) is 11.9 Å². The van der Waals surface area contributed by atoms with E-state index in [0.717, 1.165) is 48.9 Å². The summed E-state index contributed by atoms with van der Waals surface area (Å²) in [7, 11) is 0. The molecular weight excluding hydrogens is 482 g/mol. The van der Waals surface area contributed by atoms with Crippen LogP contribution in [0.1, 0.15) is 52.4 Å². The van der Waals surface area contributed by atoms with Crippen LogP contribution in [-0.4, -0.2) is 49.3 Å². The van der Waals surface area contributed by atoms with Crippen LogP contribution in [0.2, 0.25) is 0 Å². The van der Waals surface area contributed by atoms with E-state index in [9.17, 15) is 35.4 Å². The summed E-state index contributed by atoms with van der Waals surface area (Å²) in [6, 6.07) is 10.1. The molecule has 0 saturated heterocycles. The minimum atomic E-state index is -0.969. The van der Waals surface area contributed by atoms with Crippen molar-refractivity contribution in [3.8, 4) is 40.2 Å². The van der Waals surface area contributed by atoms with E-state index in [1.807, 2.05) is 18.2 Å². The number of rotatable bonds is 8. The molecular formula is C27H29NO9. The SMILES string of the molecule is NCCCCCc1ccc2c(c1)C[C@H](OC(=O)c1cc(O)c(O)c(O)c1)[C@@H](c1cc(O)c(O)c(O)c1)O2. The Labute approximate surface area is 212 Å². The number of esters is 1. The molecule has 8 N–H and O–H groups in total. The molecule has 0 spiro atoms. The smallest absolute Gasteiger partial charge is 0.338 e. The number of carbonyl (C=O) groups excluding carboxylic acids is 1. The molecule has 4 rings (SSSR count). The molecule has 10 nitrogen and oxygen atoms in total. The molecule has 0 radical (unpaired) electrons. The Morgan fingerprint density at radius 2 is 1.49 bits per heavy atom. The Morgan fingerprint density at radius 1 is 0.865 bits per heavy atom. The van der Waals surface area contributed by atoms with Crippen LogP contribution in [0, 0.1) is 0 Å². The average molecular weight is 512 g/mol. The molecule has 0 saturated carbocycles. The number of hydrogen-bond acceptors (Lipinski definition) is 10. The topological polar surface area (TPSA) is 183 Å². The number of phenols is 6. The van der Waals surface area contributed by atoms with E-state index in [1.54, 1.807) is 0 Å². The molecule has 0 unspecified atom stereocenters. The van der Waals surface area contributed by atoms with Crippen molar-refractivity contribution in [1.29, 1.82) is 0 Å². The Hall–Kier alpha value is -4.31. The standard InChI is InChI=1S/C27H29NO9/c28-7-3-1-2-4-14-5-6-22-15(8-14)13-23(26(36-22)16-9-18(29)24(33)19(30)10-16)37-27(35)17-11-20(31)25(34)21(32)12-17/h5-6,8-12,23,26,29-34H,1-4,7,13,28H2/t23-,26+/m0/s1. The van der Waals surface area contributed by atoms with Crippen LogP contribution in [0.3, 0.4) is 0 Å². The predicted octanol–water partition coefficient (Wildman–Crippen LogP) is 3.49. The number of aromatic hydroxyl groups is 6. The van der Waals surface area contributed by atoms with Crippen LogP contribution < -0.4 is 10.5 Å². The van der Waals surface area contributed by atoms with Crippen molar-refractivity contribution < 1.29 is 44.9 Å². The first-order valence-electron chi connectivity index (χ1n) is 11.9. The van der Waals surface area contributed by atoms with Gasteiger partial charge in [-0.2, -0.15) is 0 Å². The van der Waals surface area contributed by atoms with Gasteiger partial charge in [0.05, 0.1) is 5.56 Å². The van der Waals surface area contributed by atoms with Crippen molar-refractivity contribution in [3.05, 3.63) is 64.7 Å². The van der Waals surface area contributed by atoms with E-state index in [2.05, 4.69) is 0 Å². The van der Waals surface area contributed by atoms with E-state index in [0.29, 0.717) is 12.3 Å². The number of fused-ring (bicyclic) bond motifs is 1. The van der Waals surface area contributed by atoms with E-state index >= 15 is 0 Å². The van der Waals surface area contributed by atoms with Gasteiger partial charge in [-0.05, 0) is 67.3 Å². The van der Waals surface area contributed by atoms with Crippen LogP contribution in [0.25, 0.3) is 0 Å². The highest BCUT2D eigenvalue weighted by molar-refractivity contribution is 5.91. The Morgan fingerprint density at radius 3 is 2.11 bits per heavy atom. The number of phenolic OH excluding ortho intramolecular Hbond substituents is 6. The van der Waals surface area contributed by atoms with Crippen LogP contribution in [0.15, 0.2) is 42.5 Å². The van der Waals surface area contributed by atoms with Crippen LogP contribution in [0.5, 0.6) is 40.2 Å². The van der Waals surface area contributed by atoms with Gasteiger partial charge in [0.2, 0.25) is 0 Å². The van der Waals surface area contributed by atoms with Gasteiger partial charge in [-0.3, -0.25) is 0 Å². The number of carbonyl (C=O) groups is 1. The Bertz CT molecular complexity index is 1260. The van der Waals surface area contributed by atoms with Gasteiger partial charge < -0.3 is 45.8 Å². The summed E-state index contributed by atoms with van der Waals surface area (Å²) in [5, 5.41) is 59.0. The fraction of sp³-hybridized carbons (Fsp3) is 0.296. The van der Waals surface area contributed by atoms with Crippen molar-refractivity contribution in [1.82, 2.24) is 0 Å². The summed E-state index contributed by atoms with van der Waals surface area (Å²) >= 11 is 0.